The molecule has 0 radical (unpaired) electrons. The Kier molecular flexibility index (Phi) is 9.58. The predicted octanol–water partition coefficient (Wildman–Crippen LogP) is 3.67. The van der Waals surface area contributed by atoms with Crippen LogP contribution in [-0.2, 0) is 35.0 Å². The molecule has 1 aromatic carbocycles. The number of carbonyl (C=O) groups excluding carboxylic acids is 3. The molecule has 2 saturated heterocycles. The summed E-state index contributed by atoms with van der Waals surface area (Å²) < 4.78 is 28.8. The van der Waals surface area contributed by atoms with Crippen molar-refractivity contribution in [3.05, 3.63) is 47.6 Å². The van der Waals surface area contributed by atoms with Gasteiger partial charge in [0.05, 0.1) is 25.6 Å². The molecule has 3 heterocycles. The van der Waals surface area contributed by atoms with Gasteiger partial charge in [-0.3, -0.25) is 14.9 Å². The van der Waals surface area contributed by atoms with Crippen LogP contribution in [0.15, 0.2) is 42.0 Å². The molecule has 4 bridgehead atoms. The zero-order chi connectivity index (χ0) is 31.7. The fourth-order valence-corrected chi connectivity index (χ4v) is 5.82. The maximum atomic E-state index is 13.7. The average molecular weight is 601 g/mol. The second-order valence-corrected chi connectivity index (χ2v) is 12.3. The number of ether oxygens (including phenoxy) is 5. The van der Waals surface area contributed by atoms with Crippen molar-refractivity contribution in [2.45, 2.75) is 89.6 Å². The normalized spacial score (nSPS) is 33.2. The number of rotatable bonds is 4. The Bertz CT molecular complexity index is 1290. The van der Waals surface area contributed by atoms with E-state index >= 15 is 0 Å². The monoisotopic (exact) mass is 600 g/mol. The SMILES string of the molecule is COc1cc2cc(c1)N(C)C(=O)C[C@H](OC(=O)C(C)C)[C@]1(C)O[C@H]1[C@H](C)[C@@H]1C[C@@](O)(NC(=O)O1)[C@H](OC)C=CC=C(C)C2. The molecule has 0 aromatic heterocycles. The Hall–Kier alpha value is -3.41. The summed E-state index contributed by atoms with van der Waals surface area (Å²) in [4.78, 5) is 40.6. The molecule has 2 fully saturated rings. The Labute approximate surface area is 253 Å². The zero-order valence-corrected chi connectivity index (χ0v) is 26.2. The fraction of sp³-hybridized carbons (Fsp3) is 0.594. The molecule has 3 aliphatic heterocycles. The number of fused-ring (bicyclic) bond motifs is 5. The minimum atomic E-state index is -1.75. The van der Waals surface area contributed by atoms with Gasteiger partial charge >= 0.3 is 12.1 Å². The van der Waals surface area contributed by atoms with Gasteiger partial charge in [0.15, 0.2) is 5.72 Å². The largest absolute Gasteiger partial charge is 0.497 e. The van der Waals surface area contributed by atoms with Gasteiger partial charge in [-0.25, -0.2) is 4.79 Å². The number of anilines is 1. The van der Waals surface area contributed by atoms with Gasteiger partial charge in [-0.05, 0) is 38.0 Å². The van der Waals surface area contributed by atoms with Crippen LogP contribution in [0.3, 0.4) is 0 Å². The van der Waals surface area contributed by atoms with E-state index in [0.717, 1.165) is 11.1 Å². The maximum absolute atomic E-state index is 13.7. The second-order valence-electron chi connectivity index (χ2n) is 12.3. The van der Waals surface area contributed by atoms with Crippen molar-refractivity contribution >= 4 is 23.7 Å². The summed E-state index contributed by atoms with van der Waals surface area (Å²) in [5.41, 5.74) is -0.226. The van der Waals surface area contributed by atoms with Crippen LogP contribution in [0.4, 0.5) is 10.5 Å². The molecule has 7 atom stereocenters. The fourth-order valence-electron chi connectivity index (χ4n) is 5.82. The van der Waals surface area contributed by atoms with Crippen LogP contribution >= 0.6 is 0 Å². The zero-order valence-electron chi connectivity index (χ0n) is 26.2. The number of epoxide rings is 1. The van der Waals surface area contributed by atoms with Gasteiger partial charge in [0, 0.05) is 38.2 Å². The van der Waals surface area contributed by atoms with E-state index in [9.17, 15) is 19.5 Å². The van der Waals surface area contributed by atoms with Crippen molar-refractivity contribution in [3.8, 4) is 5.75 Å². The van der Waals surface area contributed by atoms with Crippen LogP contribution in [0.25, 0.3) is 0 Å². The Morgan fingerprint density at radius 3 is 2.58 bits per heavy atom. The van der Waals surface area contributed by atoms with Gasteiger partial charge < -0.3 is 33.7 Å². The number of alkyl carbamates (subject to hydrolysis) is 1. The molecule has 0 spiro atoms. The standard InChI is InChI=1S/C32H44N2O9/c1-18(2)29(36)42-26-16-27(35)34(6)22-13-21(14-23(15-22)39-7)12-19(3)10-9-11-25(40-8)32(38)17-24(41-30(37)33-32)20(4)28-31(26,5)43-28/h9-11,13-15,18,20,24-26,28,38H,12,16-17H2,1-8H3,(H,33,37)/t20-,24+,25-,26+,28+,31+,32+/m1/s1. The molecule has 0 saturated carbocycles. The van der Waals surface area contributed by atoms with Crippen molar-refractivity contribution in [2.24, 2.45) is 11.8 Å². The van der Waals surface area contributed by atoms with Crippen LogP contribution < -0.4 is 15.0 Å². The van der Waals surface area contributed by atoms with E-state index in [2.05, 4.69) is 5.32 Å². The number of hydrogen-bond donors (Lipinski definition) is 2. The number of hydrogen-bond acceptors (Lipinski definition) is 9. The van der Waals surface area contributed by atoms with Crippen LogP contribution in [0.5, 0.6) is 5.75 Å². The number of carbonyl (C=O) groups is 3. The highest BCUT2D eigenvalue weighted by molar-refractivity contribution is 5.93. The molecule has 0 aliphatic carbocycles. The molecule has 43 heavy (non-hydrogen) atoms. The number of esters is 1. The van der Waals surface area contributed by atoms with Gasteiger partial charge in [0.2, 0.25) is 5.91 Å². The van der Waals surface area contributed by atoms with Gasteiger partial charge in [-0.15, -0.1) is 0 Å². The Balaban J connectivity index is 1.77. The molecule has 2 N–H and O–H groups in total. The third-order valence-corrected chi connectivity index (χ3v) is 8.59. The van der Waals surface area contributed by atoms with Gasteiger partial charge in [-0.1, -0.05) is 44.6 Å². The van der Waals surface area contributed by atoms with Crippen molar-refractivity contribution < 1.29 is 43.2 Å². The number of aliphatic hydroxyl groups is 1. The topological polar surface area (TPSA) is 136 Å². The lowest BCUT2D eigenvalue weighted by Gasteiger charge is -2.42. The van der Waals surface area contributed by atoms with Gasteiger partial charge in [0.1, 0.15) is 29.7 Å². The summed E-state index contributed by atoms with van der Waals surface area (Å²) in [6, 6.07) is 5.60. The molecule has 0 unspecified atom stereocenters. The molecular weight excluding hydrogens is 556 g/mol. The molecule has 1 aromatic rings. The molecular formula is C32H44N2O9. The molecule has 3 aliphatic rings. The van der Waals surface area contributed by atoms with E-state index in [-0.39, 0.29) is 18.7 Å². The van der Waals surface area contributed by atoms with E-state index in [0.29, 0.717) is 17.9 Å². The number of benzene rings is 1. The van der Waals surface area contributed by atoms with Gasteiger partial charge in [0.25, 0.3) is 0 Å². The molecule has 2 amide bonds. The number of nitrogens with zero attached hydrogens (tertiary/aromatic N) is 1. The summed E-state index contributed by atoms with van der Waals surface area (Å²) in [5.74, 6) is -0.963. The third kappa shape index (κ3) is 7.05. The minimum absolute atomic E-state index is 0.0190. The first-order valence-corrected chi connectivity index (χ1v) is 14.6. The highest BCUT2D eigenvalue weighted by atomic mass is 16.7. The quantitative estimate of drug-likeness (QED) is 0.392. The second kappa shape index (κ2) is 12.7. The first-order valence-electron chi connectivity index (χ1n) is 14.6. The third-order valence-electron chi connectivity index (χ3n) is 8.59. The Morgan fingerprint density at radius 2 is 1.93 bits per heavy atom. The van der Waals surface area contributed by atoms with Crippen LogP contribution in [0.1, 0.15) is 53.0 Å². The minimum Gasteiger partial charge on any atom is -0.497 e. The molecule has 236 valence electrons. The number of amides is 2. The van der Waals surface area contributed by atoms with E-state index in [4.69, 9.17) is 23.7 Å². The van der Waals surface area contributed by atoms with Crippen LogP contribution in [0, 0.1) is 11.8 Å². The number of methoxy groups -OCH3 is 2. The lowest BCUT2D eigenvalue weighted by Crippen LogP contribution is -2.63. The molecule has 11 heteroatoms. The highest BCUT2D eigenvalue weighted by Crippen LogP contribution is 2.49. The first-order chi connectivity index (χ1) is 20.2. The van der Waals surface area contributed by atoms with Crippen molar-refractivity contribution in [3.63, 3.8) is 0 Å². The summed E-state index contributed by atoms with van der Waals surface area (Å²) >= 11 is 0. The van der Waals surface area contributed by atoms with Crippen LogP contribution in [0.2, 0.25) is 0 Å². The Morgan fingerprint density at radius 1 is 1.21 bits per heavy atom. The first kappa shape index (κ1) is 32.5. The summed E-state index contributed by atoms with van der Waals surface area (Å²) in [5, 5.41) is 14.1. The summed E-state index contributed by atoms with van der Waals surface area (Å²) in [6.45, 7) is 9.04. The smallest absolute Gasteiger partial charge is 0.409 e. The van der Waals surface area contributed by atoms with Crippen molar-refractivity contribution in [2.75, 3.05) is 26.2 Å². The average Bonchev–Trinajstić information content (AvgIpc) is 3.64. The van der Waals surface area contributed by atoms with Crippen molar-refractivity contribution in [1.29, 1.82) is 0 Å². The van der Waals surface area contributed by atoms with E-state index in [1.165, 1.54) is 12.0 Å². The predicted molar refractivity (Wildman–Crippen MR) is 159 cm³/mol. The molecule has 4 rings (SSSR count). The van der Waals surface area contributed by atoms with E-state index < -0.39 is 59.6 Å². The van der Waals surface area contributed by atoms with Crippen LogP contribution in [-0.4, -0.2) is 80.1 Å². The maximum Gasteiger partial charge on any atom is 0.409 e. The molecule has 11 nitrogen and oxygen atoms in total. The summed E-state index contributed by atoms with van der Waals surface area (Å²) in [7, 11) is 4.70. The highest BCUT2D eigenvalue weighted by Gasteiger charge is 2.64. The van der Waals surface area contributed by atoms with Crippen molar-refractivity contribution in [1.82, 2.24) is 5.32 Å². The van der Waals surface area contributed by atoms with E-state index in [1.807, 2.05) is 32.1 Å². The lowest BCUT2D eigenvalue weighted by molar-refractivity contribution is -0.157. The number of allylic oxidation sites excluding steroid dienone is 3. The lowest BCUT2D eigenvalue weighted by atomic mass is 9.83. The number of nitrogens with one attached hydrogen (secondary N) is 1. The summed E-state index contributed by atoms with van der Waals surface area (Å²) in [6.07, 6.45) is 1.98. The van der Waals surface area contributed by atoms with E-state index in [1.54, 1.807) is 53.1 Å². The van der Waals surface area contributed by atoms with Gasteiger partial charge in [-0.2, -0.15) is 0 Å².